The van der Waals surface area contributed by atoms with Crippen molar-refractivity contribution in [2.45, 2.75) is 5.03 Å². The topological polar surface area (TPSA) is 85.4 Å². The predicted octanol–water partition coefficient (Wildman–Crippen LogP) is 2.68. The van der Waals surface area contributed by atoms with Crippen LogP contribution in [0.2, 0.25) is 0 Å². The van der Waals surface area contributed by atoms with Gasteiger partial charge in [-0.15, -0.1) is 11.8 Å². The fourth-order valence-electron chi connectivity index (χ4n) is 0.611. The van der Waals surface area contributed by atoms with Crippen LogP contribution in [0.4, 0.5) is 5.00 Å². The average Bonchev–Trinajstić information content (AvgIpc) is 2.47. The molecule has 1 aromatic rings. The first-order valence-electron chi connectivity index (χ1n) is 2.82. The van der Waals surface area contributed by atoms with Crippen LogP contribution < -0.4 is 0 Å². The molecule has 60 valence electrons. The van der Waals surface area contributed by atoms with Crippen LogP contribution in [-0.4, -0.2) is 10.6 Å². The molecule has 7 heteroatoms. The molecule has 1 rings (SSSR count). The standard InChI is InChI=1S/C5H3N5S2/c1-11-5-3(2-6)4(8-10-7)12-9-5/h1H3. The van der Waals surface area contributed by atoms with Crippen molar-refractivity contribution in [1.82, 2.24) is 4.37 Å². The second-order valence-corrected chi connectivity index (χ2v) is 3.22. The average molecular weight is 197 g/mol. The molecule has 0 aliphatic rings. The van der Waals surface area contributed by atoms with Crippen LogP contribution in [0.15, 0.2) is 10.1 Å². The van der Waals surface area contributed by atoms with Gasteiger partial charge in [0.1, 0.15) is 21.7 Å². The van der Waals surface area contributed by atoms with Gasteiger partial charge in [-0.3, -0.25) is 0 Å². The van der Waals surface area contributed by atoms with Crippen molar-refractivity contribution in [2.75, 3.05) is 6.26 Å². The van der Waals surface area contributed by atoms with Crippen molar-refractivity contribution < 1.29 is 0 Å². The van der Waals surface area contributed by atoms with Gasteiger partial charge in [-0.2, -0.15) is 9.64 Å². The predicted molar refractivity (Wildman–Crippen MR) is 47.4 cm³/mol. The summed E-state index contributed by atoms with van der Waals surface area (Å²) in [6, 6.07) is 1.94. The molecule has 0 aromatic carbocycles. The molecule has 0 spiro atoms. The van der Waals surface area contributed by atoms with E-state index in [1.807, 2.05) is 12.3 Å². The highest BCUT2D eigenvalue weighted by molar-refractivity contribution is 7.98. The van der Waals surface area contributed by atoms with E-state index in [4.69, 9.17) is 10.8 Å². The van der Waals surface area contributed by atoms with Crippen molar-refractivity contribution in [3.05, 3.63) is 16.0 Å². The summed E-state index contributed by atoms with van der Waals surface area (Å²) in [6.07, 6.45) is 1.82. The summed E-state index contributed by atoms with van der Waals surface area (Å²) < 4.78 is 3.94. The minimum atomic E-state index is 0.337. The third kappa shape index (κ3) is 1.51. The van der Waals surface area contributed by atoms with Gasteiger partial charge in [0, 0.05) is 4.91 Å². The Labute approximate surface area is 76.8 Å². The highest BCUT2D eigenvalue weighted by atomic mass is 32.2. The lowest BCUT2D eigenvalue weighted by atomic mass is 10.4. The van der Waals surface area contributed by atoms with E-state index in [-0.39, 0.29) is 0 Å². The summed E-state index contributed by atoms with van der Waals surface area (Å²) in [7, 11) is 0. The molecule has 12 heavy (non-hydrogen) atoms. The van der Waals surface area contributed by atoms with Gasteiger partial charge >= 0.3 is 0 Å². The maximum absolute atomic E-state index is 8.67. The molecule has 0 aliphatic carbocycles. The third-order valence-corrected chi connectivity index (χ3v) is 2.61. The van der Waals surface area contributed by atoms with E-state index < -0.39 is 0 Å². The number of aromatic nitrogens is 1. The molecule has 0 amide bonds. The Balaban J connectivity index is 3.24. The summed E-state index contributed by atoms with van der Waals surface area (Å²) in [5, 5.41) is 13.0. The molecular formula is C5H3N5S2. The first-order chi connectivity index (χ1) is 5.83. The van der Waals surface area contributed by atoms with Crippen LogP contribution >= 0.6 is 23.3 Å². The number of nitriles is 1. The van der Waals surface area contributed by atoms with Gasteiger partial charge in [0.25, 0.3) is 0 Å². The molecule has 1 aromatic heterocycles. The SMILES string of the molecule is CSc1nsc(N=[N+]=[N-])c1C#N. The Morgan fingerprint density at radius 3 is 3.08 bits per heavy atom. The molecule has 0 atom stereocenters. The van der Waals surface area contributed by atoms with Gasteiger partial charge in [0.2, 0.25) is 0 Å². The summed E-state index contributed by atoms with van der Waals surface area (Å²) in [6.45, 7) is 0. The minimum Gasteiger partial charge on any atom is -0.192 e. The molecule has 0 saturated carbocycles. The van der Waals surface area contributed by atoms with Gasteiger partial charge in [-0.05, 0) is 28.4 Å². The van der Waals surface area contributed by atoms with E-state index >= 15 is 0 Å². The Bertz CT molecular complexity index is 370. The lowest BCUT2D eigenvalue weighted by Gasteiger charge is -1.86. The largest absolute Gasteiger partial charge is 0.192 e. The zero-order valence-electron chi connectivity index (χ0n) is 6.05. The number of thioether (sulfide) groups is 1. The van der Waals surface area contributed by atoms with Gasteiger partial charge in [-0.25, -0.2) is 0 Å². The van der Waals surface area contributed by atoms with Crippen molar-refractivity contribution in [1.29, 1.82) is 5.26 Å². The van der Waals surface area contributed by atoms with Crippen LogP contribution in [0.1, 0.15) is 5.56 Å². The Morgan fingerprint density at radius 1 is 1.83 bits per heavy atom. The zero-order chi connectivity index (χ0) is 8.97. The molecule has 0 radical (unpaired) electrons. The van der Waals surface area contributed by atoms with Crippen LogP contribution in [0.5, 0.6) is 0 Å². The van der Waals surface area contributed by atoms with Crippen LogP contribution in [0.3, 0.4) is 0 Å². The van der Waals surface area contributed by atoms with Crippen LogP contribution in [0, 0.1) is 11.3 Å². The molecule has 1 heterocycles. The van der Waals surface area contributed by atoms with Gasteiger partial charge < -0.3 is 0 Å². The first kappa shape index (κ1) is 8.87. The Kier molecular flexibility index (Phi) is 2.94. The fraction of sp³-hybridized carbons (Fsp3) is 0.200. The normalized spacial score (nSPS) is 8.67. The monoisotopic (exact) mass is 197 g/mol. The molecular weight excluding hydrogens is 194 g/mol. The second kappa shape index (κ2) is 3.97. The number of hydrogen-bond acceptors (Lipinski definition) is 5. The van der Waals surface area contributed by atoms with Crippen molar-refractivity contribution in [3.8, 4) is 6.07 Å². The Morgan fingerprint density at radius 2 is 2.58 bits per heavy atom. The second-order valence-electron chi connectivity index (χ2n) is 1.67. The molecule has 0 aliphatic heterocycles. The first-order valence-corrected chi connectivity index (χ1v) is 4.82. The van der Waals surface area contributed by atoms with Crippen molar-refractivity contribution in [2.24, 2.45) is 5.11 Å². The molecule has 0 bridgehead atoms. The summed E-state index contributed by atoms with van der Waals surface area (Å²) in [5.74, 6) is 0. The molecule has 5 nitrogen and oxygen atoms in total. The lowest BCUT2D eigenvalue weighted by Crippen LogP contribution is -1.72. The molecule has 0 N–H and O–H groups in total. The van der Waals surface area contributed by atoms with Gasteiger partial charge in [0.15, 0.2) is 0 Å². The van der Waals surface area contributed by atoms with E-state index in [0.717, 1.165) is 11.5 Å². The molecule has 0 fully saturated rings. The summed E-state index contributed by atoms with van der Waals surface area (Å²) in [4.78, 5) is 2.60. The summed E-state index contributed by atoms with van der Waals surface area (Å²) in [5.41, 5.74) is 8.51. The number of azide groups is 1. The highest BCUT2D eigenvalue weighted by Crippen LogP contribution is 2.31. The zero-order valence-corrected chi connectivity index (χ0v) is 7.69. The number of rotatable bonds is 2. The molecule has 0 unspecified atom stereocenters. The van der Waals surface area contributed by atoms with Gasteiger partial charge in [-0.1, -0.05) is 0 Å². The Hall–Kier alpha value is -1.22. The fourth-order valence-corrected chi connectivity index (χ4v) is 2.00. The van der Waals surface area contributed by atoms with Crippen molar-refractivity contribution >= 4 is 28.3 Å². The number of hydrogen-bond donors (Lipinski definition) is 0. The lowest BCUT2D eigenvalue weighted by molar-refractivity contribution is 1.25. The maximum atomic E-state index is 8.67. The molecule has 0 saturated heterocycles. The van der Waals surface area contributed by atoms with E-state index in [2.05, 4.69) is 14.4 Å². The van der Waals surface area contributed by atoms with Gasteiger partial charge in [0.05, 0.1) is 0 Å². The van der Waals surface area contributed by atoms with Crippen LogP contribution in [-0.2, 0) is 0 Å². The number of nitrogens with zero attached hydrogens (tertiary/aromatic N) is 5. The van der Waals surface area contributed by atoms with E-state index in [1.54, 1.807) is 0 Å². The van der Waals surface area contributed by atoms with E-state index in [1.165, 1.54) is 11.8 Å². The smallest absolute Gasteiger partial charge is 0.130 e. The quantitative estimate of drug-likeness (QED) is 0.316. The minimum absolute atomic E-state index is 0.337. The third-order valence-electron chi connectivity index (χ3n) is 1.08. The van der Waals surface area contributed by atoms with Crippen LogP contribution in [0.25, 0.3) is 10.4 Å². The highest BCUT2D eigenvalue weighted by Gasteiger charge is 2.10. The van der Waals surface area contributed by atoms with E-state index in [9.17, 15) is 0 Å². The van der Waals surface area contributed by atoms with E-state index in [0.29, 0.717) is 15.6 Å². The summed E-state index contributed by atoms with van der Waals surface area (Å²) >= 11 is 2.40. The van der Waals surface area contributed by atoms with Crippen molar-refractivity contribution in [3.63, 3.8) is 0 Å². The maximum Gasteiger partial charge on any atom is 0.130 e.